The van der Waals surface area contributed by atoms with E-state index in [0.717, 1.165) is 4.31 Å². The molecule has 2 aromatic carbocycles. The number of carbonyl (C=O) groups excluding carboxylic acids is 2. The van der Waals surface area contributed by atoms with Crippen LogP contribution in [-0.2, 0) is 30.7 Å². The number of nitrogens with zero attached hydrogens (tertiary/aromatic N) is 4. The minimum atomic E-state index is -4.27. The average Bonchev–Trinajstić information content (AvgIpc) is 3.43. The molecule has 6 rings (SSSR count). The molecule has 0 bridgehead atoms. The Morgan fingerprint density at radius 2 is 1.88 bits per heavy atom. The number of likely N-dealkylation sites (tertiary alicyclic amines) is 1. The van der Waals surface area contributed by atoms with Gasteiger partial charge in [-0.1, -0.05) is 41.4 Å². The first kappa shape index (κ1) is 36.1. The van der Waals surface area contributed by atoms with Gasteiger partial charge in [0.1, 0.15) is 6.04 Å². The third-order valence-electron chi connectivity index (χ3n) is 8.94. The number of alkyl halides is 2. The molecule has 3 aromatic rings. The number of esters is 1. The van der Waals surface area contributed by atoms with Crippen LogP contribution >= 0.6 is 23.2 Å². The number of hydrogen-bond donors (Lipinski definition) is 2. The lowest BCUT2D eigenvalue weighted by molar-refractivity contribution is -0.145. The summed E-state index contributed by atoms with van der Waals surface area (Å²) in [4.78, 5) is 31.3. The largest absolute Gasteiger partial charge is 0.465 e. The number of aromatic nitrogens is 1. The fourth-order valence-corrected chi connectivity index (χ4v) is 8.89. The van der Waals surface area contributed by atoms with Crippen LogP contribution < -0.4 is 10.6 Å². The maximum absolute atomic E-state index is 14.4. The molecular weight excluding hydrogens is 717 g/mol. The second-order valence-corrected chi connectivity index (χ2v) is 14.8. The lowest BCUT2D eigenvalue weighted by atomic mass is 10.0. The molecule has 3 fully saturated rings. The topological polar surface area (TPSA) is 157 Å². The van der Waals surface area contributed by atoms with Crippen molar-refractivity contribution in [1.82, 2.24) is 19.5 Å². The molecule has 12 nitrogen and oxygen atoms in total. The van der Waals surface area contributed by atoms with E-state index in [1.807, 2.05) is 6.07 Å². The van der Waals surface area contributed by atoms with E-state index in [4.69, 9.17) is 32.7 Å². The van der Waals surface area contributed by atoms with Gasteiger partial charge in [-0.3, -0.25) is 24.8 Å². The van der Waals surface area contributed by atoms with Crippen molar-refractivity contribution in [2.45, 2.75) is 61.0 Å². The lowest BCUT2D eigenvalue weighted by Crippen LogP contribution is -2.54. The van der Waals surface area contributed by atoms with Crippen molar-refractivity contribution in [3.63, 3.8) is 0 Å². The Labute approximate surface area is 297 Å². The Kier molecular flexibility index (Phi) is 10.2. The normalized spacial score (nSPS) is 23.8. The molecule has 4 heterocycles. The van der Waals surface area contributed by atoms with Crippen molar-refractivity contribution >= 4 is 50.8 Å². The Bertz CT molecular complexity index is 1930. The number of benzene rings is 2. The maximum Gasteiger partial charge on any atom is 0.323 e. The van der Waals surface area contributed by atoms with E-state index in [2.05, 4.69) is 15.6 Å². The second-order valence-electron chi connectivity index (χ2n) is 12.2. The first-order valence-corrected chi connectivity index (χ1v) is 17.9. The number of sulfonamides is 1. The molecule has 1 aromatic heterocycles. The summed E-state index contributed by atoms with van der Waals surface area (Å²) < 4.78 is 69.5. The molecule has 50 heavy (non-hydrogen) atoms. The van der Waals surface area contributed by atoms with Crippen LogP contribution in [0.2, 0.25) is 10.0 Å². The predicted molar refractivity (Wildman–Crippen MR) is 178 cm³/mol. The number of rotatable bonds is 11. The van der Waals surface area contributed by atoms with Crippen LogP contribution in [0.15, 0.2) is 65.8 Å². The molecule has 3 unspecified atom stereocenters. The monoisotopic (exact) mass is 748 g/mol. The SMILES string of the molecule is CCOC(=O)[C@H](Cc1ccc(NC(=O)c2c(Cl)cncc2Cl)cc1)NC1OC12C(N1CCC(F)(F)C1)CCN2S(=O)(=O)c1cccc(C#N)c1. The van der Waals surface area contributed by atoms with Gasteiger partial charge in [-0.15, -0.1) is 0 Å². The molecule has 264 valence electrons. The Hall–Kier alpha value is -3.75. The van der Waals surface area contributed by atoms with Crippen LogP contribution in [0, 0.1) is 11.3 Å². The number of nitriles is 1. The zero-order chi connectivity index (χ0) is 35.8. The number of halogens is 4. The molecule has 17 heteroatoms. The first-order chi connectivity index (χ1) is 23.8. The van der Waals surface area contributed by atoms with Crippen LogP contribution in [0.4, 0.5) is 14.5 Å². The van der Waals surface area contributed by atoms with E-state index in [9.17, 15) is 32.0 Å². The van der Waals surface area contributed by atoms with Crippen molar-refractivity contribution in [3.8, 4) is 6.07 Å². The van der Waals surface area contributed by atoms with Gasteiger partial charge in [0.25, 0.3) is 11.8 Å². The van der Waals surface area contributed by atoms with E-state index in [-0.39, 0.29) is 65.0 Å². The van der Waals surface area contributed by atoms with Crippen molar-refractivity contribution in [1.29, 1.82) is 5.26 Å². The predicted octanol–water partition coefficient (Wildman–Crippen LogP) is 4.43. The fourth-order valence-electron chi connectivity index (χ4n) is 6.59. The molecular formula is C33H32Cl2F2N6O6S. The highest BCUT2D eigenvalue weighted by Gasteiger charge is 2.73. The molecule has 1 amide bonds. The summed E-state index contributed by atoms with van der Waals surface area (Å²) in [7, 11) is -4.27. The summed E-state index contributed by atoms with van der Waals surface area (Å²) in [5.41, 5.74) is -0.321. The summed E-state index contributed by atoms with van der Waals surface area (Å²) in [5.74, 6) is -4.11. The number of amides is 1. The van der Waals surface area contributed by atoms with Gasteiger partial charge in [0.2, 0.25) is 10.0 Å². The molecule has 0 radical (unpaired) electrons. The zero-order valence-corrected chi connectivity index (χ0v) is 28.9. The Morgan fingerprint density at radius 3 is 2.52 bits per heavy atom. The molecule has 0 saturated carbocycles. The third-order valence-corrected chi connectivity index (χ3v) is 11.4. The standard InChI is InChI=1S/C33H32Cl2F2N6O6S/c1-2-48-30(45)26(15-20-6-8-22(9-7-20)40-29(44)28-24(34)17-39-18-25(28)35)41-31-33(49-31)27(42-13-11-32(36,37)19-42)10-12-43(33)50(46,47)23-5-3-4-21(14-23)16-38/h3-9,14,17-18,26-27,31,41H,2,10-13,15,19H2,1H3,(H,40,44)/t26-,27?,31?,33?/m0/s1. The molecule has 3 aliphatic rings. The van der Waals surface area contributed by atoms with Gasteiger partial charge in [0.15, 0.2) is 12.0 Å². The van der Waals surface area contributed by atoms with Gasteiger partial charge in [-0.2, -0.15) is 9.57 Å². The Morgan fingerprint density at radius 1 is 1.16 bits per heavy atom. The molecule has 4 atom stereocenters. The van der Waals surface area contributed by atoms with E-state index in [1.54, 1.807) is 36.1 Å². The Balaban J connectivity index is 1.24. The molecule has 3 aliphatic heterocycles. The maximum atomic E-state index is 14.4. The van der Waals surface area contributed by atoms with Crippen LogP contribution in [-0.4, -0.2) is 90.7 Å². The first-order valence-electron chi connectivity index (χ1n) is 15.7. The molecule has 1 spiro atoms. The van der Waals surface area contributed by atoms with E-state index < -0.39 is 58.4 Å². The van der Waals surface area contributed by atoms with Crippen LogP contribution in [0.3, 0.4) is 0 Å². The van der Waals surface area contributed by atoms with Gasteiger partial charge in [0, 0.05) is 37.6 Å². The van der Waals surface area contributed by atoms with E-state index >= 15 is 0 Å². The fraction of sp³-hybridized carbons (Fsp3) is 0.394. The van der Waals surface area contributed by atoms with Crippen molar-refractivity contribution < 1.29 is 36.3 Å². The summed E-state index contributed by atoms with van der Waals surface area (Å²) in [6.07, 6.45) is 1.46. The summed E-state index contributed by atoms with van der Waals surface area (Å²) in [5, 5.41) is 15.4. The third kappa shape index (κ3) is 7.06. The number of ether oxygens (including phenoxy) is 2. The molecule has 0 aliphatic carbocycles. The highest BCUT2D eigenvalue weighted by Crippen LogP contribution is 2.52. The zero-order valence-electron chi connectivity index (χ0n) is 26.6. The highest BCUT2D eigenvalue weighted by atomic mass is 35.5. The van der Waals surface area contributed by atoms with Crippen LogP contribution in [0.25, 0.3) is 0 Å². The van der Waals surface area contributed by atoms with Gasteiger partial charge in [0.05, 0.1) is 51.3 Å². The minimum absolute atomic E-state index is 0.0305. The molecule has 2 N–H and O–H groups in total. The van der Waals surface area contributed by atoms with Gasteiger partial charge >= 0.3 is 5.97 Å². The number of anilines is 1. The van der Waals surface area contributed by atoms with Gasteiger partial charge in [-0.25, -0.2) is 17.2 Å². The van der Waals surface area contributed by atoms with Crippen LogP contribution in [0.1, 0.15) is 41.3 Å². The summed E-state index contributed by atoms with van der Waals surface area (Å²) in [6, 6.07) is 12.3. The van der Waals surface area contributed by atoms with Gasteiger partial charge in [-0.05, 0) is 55.7 Å². The summed E-state index contributed by atoms with van der Waals surface area (Å²) in [6.45, 7) is 1.17. The van der Waals surface area contributed by atoms with Crippen LogP contribution in [0.5, 0.6) is 0 Å². The number of hydrogen-bond acceptors (Lipinski definition) is 10. The van der Waals surface area contributed by atoms with E-state index in [1.165, 1.54) is 36.7 Å². The number of epoxide rings is 1. The highest BCUT2D eigenvalue weighted by molar-refractivity contribution is 7.89. The molecule has 3 saturated heterocycles. The van der Waals surface area contributed by atoms with Crippen molar-refractivity contribution in [2.24, 2.45) is 0 Å². The average molecular weight is 750 g/mol. The quantitative estimate of drug-likeness (QED) is 0.212. The van der Waals surface area contributed by atoms with Gasteiger partial charge < -0.3 is 14.8 Å². The smallest absolute Gasteiger partial charge is 0.323 e. The summed E-state index contributed by atoms with van der Waals surface area (Å²) >= 11 is 12.2. The van der Waals surface area contributed by atoms with E-state index in [0.29, 0.717) is 11.3 Å². The van der Waals surface area contributed by atoms with Crippen molar-refractivity contribution in [2.75, 3.05) is 31.6 Å². The number of carbonyl (C=O) groups is 2. The minimum Gasteiger partial charge on any atom is -0.465 e. The van der Waals surface area contributed by atoms with Crippen molar-refractivity contribution in [3.05, 3.63) is 87.7 Å². The lowest BCUT2D eigenvalue weighted by Gasteiger charge is -2.31. The number of pyridine rings is 1. The number of nitrogens with one attached hydrogen (secondary N) is 2. The second kappa shape index (κ2) is 14.1.